The third kappa shape index (κ3) is 5.62. The molecule has 0 aliphatic heterocycles. The van der Waals surface area contributed by atoms with Crippen molar-refractivity contribution in [2.24, 2.45) is 0 Å². The first kappa shape index (κ1) is 19.5. The van der Waals surface area contributed by atoms with Crippen molar-refractivity contribution in [2.75, 3.05) is 6.54 Å². The van der Waals surface area contributed by atoms with Gasteiger partial charge in [0.05, 0.1) is 12.2 Å². The molecule has 7 heteroatoms. The maximum absolute atomic E-state index is 12.3. The fourth-order valence-corrected chi connectivity index (χ4v) is 2.77. The van der Waals surface area contributed by atoms with Crippen molar-refractivity contribution < 1.29 is 9.59 Å². The molecule has 0 spiro atoms. The largest absolute Gasteiger partial charge is 0.350 e. The third-order valence-corrected chi connectivity index (χ3v) is 4.19. The van der Waals surface area contributed by atoms with Gasteiger partial charge >= 0.3 is 0 Å². The van der Waals surface area contributed by atoms with Gasteiger partial charge in [-0.25, -0.2) is 4.98 Å². The van der Waals surface area contributed by atoms with Crippen LogP contribution >= 0.6 is 11.6 Å². The van der Waals surface area contributed by atoms with Crippen LogP contribution in [0.3, 0.4) is 0 Å². The second kappa shape index (κ2) is 9.62. The van der Waals surface area contributed by atoms with Gasteiger partial charge in [0.25, 0.3) is 11.8 Å². The van der Waals surface area contributed by atoms with E-state index >= 15 is 0 Å². The fourth-order valence-electron chi connectivity index (χ4n) is 2.56. The first-order valence-corrected chi connectivity index (χ1v) is 9.17. The molecule has 0 unspecified atom stereocenters. The standard InChI is InChI=1S/C21H19ClN4O2/c22-16-6-3-5-15(13-16)10-12-24-20(27)18-8-4-9-19(26-18)21(28)25-14-17-7-1-2-11-23-17/h1-9,11,13H,10,12,14H2,(H,24,27)(H,25,28). The van der Waals surface area contributed by atoms with Gasteiger partial charge in [-0.05, 0) is 48.4 Å². The summed E-state index contributed by atoms with van der Waals surface area (Å²) in [6, 6.07) is 17.7. The zero-order valence-electron chi connectivity index (χ0n) is 15.1. The van der Waals surface area contributed by atoms with Gasteiger partial charge in [-0.3, -0.25) is 14.6 Å². The molecule has 2 heterocycles. The smallest absolute Gasteiger partial charge is 0.270 e. The molecule has 28 heavy (non-hydrogen) atoms. The molecule has 0 aliphatic carbocycles. The molecule has 0 saturated heterocycles. The summed E-state index contributed by atoms with van der Waals surface area (Å²) in [7, 11) is 0. The summed E-state index contributed by atoms with van der Waals surface area (Å²) in [5.41, 5.74) is 2.14. The molecule has 0 bridgehead atoms. The van der Waals surface area contributed by atoms with Gasteiger partial charge in [0.15, 0.2) is 0 Å². The van der Waals surface area contributed by atoms with Crippen LogP contribution in [-0.4, -0.2) is 28.3 Å². The van der Waals surface area contributed by atoms with Crippen LogP contribution in [0.4, 0.5) is 0 Å². The summed E-state index contributed by atoms with van der Waals surface area (Å²) in [6.07, 6.45) is 2.31. The van der Waals surface area contributed by atoms with E-state index in [9.17, 15) is 9.59 Å². The number of aromatic nitrogens is 2. The number of carbonyl (C=O) groups is 2. The number of halogens is 1. The number of amides is 2. The molecule has 0 fully saturated rings. The second-order valence-corrected chi connectivity index (χ2v) is 6.48. The number of hydrogen-bond acceptors (Lipinski definition) is 4. The molecule has 1 aromatic carbocycles. The van der Waals surface area contributed by atoms with Gasteiger partial charge in [0.2, 0.25) is 0 Å². The molecule has 3 aromatic rings. The minimum atomic E-state index is -0.362. The van der Waals surface area contributed by atoms with Crippen molar-refractivity contribution in [3.05, 3.63) is 94.5 Å². The summed E-state index contributed by atoms with van der Waals surface area (Å²) in [4.78, 5) is 32.9. The van der Waals surface area contributed by atoms with Crippen LogP contribution in [0.25, 0.3) is 0 Å². The van der Waals surface area contributed by atoms with Crippen molar-refractivity contribution in [3.8, 4) is 0 Å². The van der Waals surface area contributed by atoms with Crippen molar-refractivity contribution in [1.82, 2.24) is 20.6 Å². The van der Waals surface area contributed by atoms with Gasteiger partial charge < -0.3 is 10.6 Å². The number of hydrogen-bond donors (Lipinski definition) is 2. The Balaban J connectivity index is 1.54. The predicted octanol–water partition coefficient (Wildman–Crippen LogP) is 3.03. The number of nitrogens with zero attached hydrogens (tertiary/aromatic N) is 2. The van der Waals surface area contributed by atoms with Crippen molar-refractivity contribution in [2.45, 2.75) is 13.0 Å². The highest BCUT2D eigenvalue weighted by atomic mass is 35.5. The molecule has 6 nitrogen and oxygen atoms in total. The van der Waals surface area contributed by atoms with E-state index in [4.69, 9.17) is 11.6 Å². The van der Waals surface area contributed by atoms with E-state index in [1.54, 1.807) is 36.5 Å². The van der Waals surface area contributed by atoms with Gasteiger partial charge in [-0.1, -0.05) is 35.9 Å². The number of rotatable bonds is 7. The maximum Gasteiger partial charge on any atom is 0.270 e. The zero-order chi connectivity index (χ0) is 19.8. The minimum absolute atomic E-state index is 0.179. The molecule has 3 rings (SSSR count). The Labute approximate surface area is 168 Å². The van der Waals surface area contributed by atoms with E-state index in [0.29, 0.717) is 18.0 Å². The van der Waals surface area contributed by atoms with Crippen LogP contribution in [0.15, 0.2) is 66.9 Å². The first-order chi connectivity index (χ1) is 13.6. The quantitative estimate of drug-likeness (QED) is 0.645. The SMILES string of the molecule is O=C(NCCc1cccc(Cl)c1)c1cccc(C(=O)NCc2ccccn2)n1. The van der Waals surface area contributed by atoms with Gasteiger partial charge in [0, 0.05) is 17.8 Å². The van der Waals surface area contributed by atoms with Crippen LogP contribution in [0.2, 0.25) is 5.02 Å². The molecule has 142 valence electrons. The highest BCUT2D eigenvalue weighted by Gasteiger charge is 2.12. The monoisotopic (exact) mass is 394 g/mol. The van der Waals surface area contributed by atoms with Crippen LogP contribution in [-0.2, 0) is 13.0 Å². The topological polar surface area (TPSA) is 84.0 Å². The molecular formula is C21H19ClN4O2. The molecule has 2 aromatic heterocycles. The Morgan fingerprint density at radius 2 is 1.64 bits per heavy atom. The highest BCUT2D eigenvalue weighted by molar-refractivity contribution is 6.30. The Bertz CT molecular complexity index is 963. The van der Waals surface area contributed by atoms with Crippen LogP contribution in [0.1, 0.15) is 32.2 Å². The Morgan fingerprint density at radius 1 is 0.893 bits per heavy atom. The first-order valence-electron chi connectivity index (χ1n) is 8.79. The number of nitrogens with one attached hydrogen (secondary N) is 2. The van der Waals surface area contributed by atoms with Crippen LogP contribution < -0.4 is 10.6 Å². The lowest BCUT2D eigenvalue weighted by molar-refractivity contribution is 0.0942. The van der Waals surface area contributed by atoms with E-state index in [0.717, 1.165) is 11.3 Å². The van der Waals surface area contributed by atoms with Gasteiger partial charge in [-0.2, -0.15) is 0 Å². The van der Waals surface area contributed by atoms with E-state index in [2.05, 4.69) is 20.6 Å². The number of carbonyl (C=O) groups excluding carboxylic acids is 2. The van der Waals surface area contributed by atoms with Gasteiger partial charge in [0.1, 0.15) is 11.4 Å². The average Bonchev–Trinajstić information content (AvgIpc) is 2.73. The van der Waals surface area contributed by atoms with Gasteiger partial charge in [-0.15, -0.1) is 0 Å². The lowest BCUT2D eigenvalue weighted by Crippen LogP contribution is -2.28. The Kier molecular flexibility index (Phi) is 6.70. The highest BCUT2D eigenvalue weighted by Crippen LogP contribution is 2.10. The molecule has 2 amide bonds. The minimum Gasteiger partial charge on any atom is -0.350 e. The fraction of sp³-hybridized carbons (Fsp3) is 0.143. The number of benzene rings is 1. The summed E-state index contributed by atoms with van der Waals surface area (Å²) in [6.45, 7) is 0.731. The molecule has 2 N–H and O–H groups in total. The second-order valence-electron chi connectivity index (χ2n) is 6.05. The predicted molar refractivity (Wildman–Crippen MR) is 107 cm³/mol. The average molecular weight is 395 g/mol. The molecule has 0 saturated carbocycles. The molecule has 0 radical (unpaired) electrons. The third-order valence-electron chi connectivity index (χ3n) is 3.96. The molecule has 0 aliphatic rings. The summed E-state index contributed by atoms with van der Waals surface area (Å²) < 4.78 is 0. The Morgan fingerprint density at radius 3 is 2.36 bits per heavy atom. The maximum atomic E-state index is 12.3. The van der Waals surface area contributed by atoms with Crippen LogP contribution in [0, 0.1) is 0 Å². The van der Waals surface area contributed by atoms with E-state index in [-0.39, 0.29) is 29.7 Å². The van der Waals surface area contributed by atoms with Crippen molar-refractivity contribution >= 4 is 23.4 Å². The summed E-state index contributed by atoms with van der Waals surface area (Å²) in [5.74, 6) is -0.694. The van der Waals surface area contributed by atoms with E-state index < -0.39 is 0 Å². The normalized spacial score (nSPS) is 10.3. The number of pyridine rings is 2. The lowest BCUT2D eigenvalue weighted by atomic mass is 10.1. The van der Waals surface area contributed by atoms with E-state index in [1.165, 1.54) is 0 Å². The van der Waals surface area contributed by atoms with Crippen molar-refractivity contribution in [3.63, 3.8) is 0 Å². The zero-order valence-corrected chi connectivity index (χ0v) is 15.8. The lowest BCUT2D eigenvalue weighted by Gasteiger charge is -2.07. The molecular weight excluding hydrogens is 376 g/mol. The van der Waals surface area contributed by atoms with Crippen LogP contribution in [0.5, 0.6) is 0 Å². The summed E-state index contributed by atoms with van der Waals surface area (Å²) >= 11 is 5.95. The van der Waals surface area contributed by atoms with E-state index in [1.807, 2.05) is 30.3 Å². The molecule has 0 atom stereocenters. The van der Waals surface area contributed by atoms with Crippen molar-refractivity contribution in [1.29, 1.82) is 0 Å². The Hall–Kier alpha value is -3.25. The summed E-state index contributed by atoms with van der Waals surface area (Å²) in [5, 5.41) is 6.21.